The highest BCUT2D eigenvalue weighted by Crippen LogP contribution is 2.17. The van der Waals surface area contributed by atoms with Gasteiger partial charge in [-0.2, -0.15) is 0 Å². The number of hydrogen-bond acceptors (Lipinski definition) is 3. The molecule has 0 atom stereocenters. The molecule has 6 heteroatoms. The Labute approximate surface area is 163 Å². The Morgan fingerprint density at radius 1 is 1.04 bits per heavy atom. The normalized spacial score (nSPS) is 14.7. The maximum absolute atomic E-state index is 11.9. The van der Waals surface area contributed by atoms with Crippen molar-refractivity contribution in [3.05, 3.63) is 35.9 Å². The molecule has 0 unspecified atom stereocenters. The summed E-state index contributed by atoms with van der Waals surface area (Å²) in [6.45, 7) is 2.87. The van der Waals surface area contributed by atoms with Gasteiger partial charge in [0.2, 0.25) is 5.91 Å². The standard InChI is InChI=1S/C21H34N4O2/c1-25(17-18-9-4-2-5-10-18)16-8-14-22-20(26)13-15-23-21(27)24-19-11-6-3-7-12-19/h2,4-5,9-10,19H,3,6-8,11-17H2,1H3,(H,22,26)(H2,23,24,27). The lowest BCUT2D eigenvalue weighted by atomic mass is 9.96. The molecule has 0 heterocycles. The zero-order valence-electron chi connectivity index (χ0n) is 16.5. The second kappa shape index (κ2) is 12.3. The minimum Gasteiger partial charge on any atom is -0.356 e. The molecule has 150 valence electrons. The molecule has 27 heavy (non-hydrogen) atoms. The Hall–Kier alpha value is -2.08. The minimum absolute atomic E-state index is 0.0151. The smallest absolute Gasteiger partial charge is 0.315 e. The maximum atomic E-state index is 11.9. The monoisotopic (exact) mass is 374 g/mol. The molecular weight excluding hydrogens is 340 g/mol. The van der Waals surface area contributed by atoms with Crippen molar-refractivity contribution in [1.82, 2.24) is 20.9 Å². The average Bonchev–Trinajstić information content (AvgIpc) is 2.67. The van der Waals surface area contributed by atoms with Gasteiger partial charge in [-0.05, 0) is 38.4 Å². The summed E-state index contributed by atoms with van der Waals surface area (Å²) in [5.74, 6) is -0.0151. The van der Waals surface area contributed by atoms with E-state index in [2.05, 4.69) is 40.0 Å². The van der Waals surface area contributed by atoms with Crippen molar-refractivity contribution >= 4 is 11.9 Å². The van der Waals surface area contributed by atoms with Crippen molar-refractivity contribution in [2.24, 2.45) is 0 Å². The summed E-state index contributed by atoms with van der Waals surface area (Å²) in [7, 11) is 2.09. The molecule has 0 aromatic heterocycles. The van der Waals surface area contributed by atoms with Gasteiger partial charge in [-0.25, -0.2) is 4.79 Å². The molecule has 2 rings (SSSR count). The molecule has 1 aromatic carbocycles. The number of urea groups is 1. The number of nitrogens with one attached hydrogen (secondary N) is 3. The van der Waals surface area contributed by atoms with Gasteiger partial charge in [-0.15, -0.1) is 0 Å². The molecule has 0 saturated heterocycles. The van der Waals surface area contributed by atoms with Crippen LogP contribution in [0.15, 0.2) is 30.3 Å². The summed E-state index contributed by atoms with van der Waals surface area (Å²) in [6.07, 6.45) is 6.99. The summed E-state index contributed by atoms with van der Waals surface area (Å²) in [5, 5.41) is 8.69. The van der Waals surface area contributed by atoms with Gasteiger partial charge in [0.25, 0.3) is 0 Å². The van der Waals surface area contributed by atoms with E-state index in [-0.39, 0.29) is 11.9 Å². The van der Waals surface area contributed by atoms with E-state index in [1.165, 1.54) is 24.8 Å². The van der Waals surface area contributed by atoms with E-state index in [0.717, 1.165) is 32.4 Å². The van der Waals surface area contributed by atoms with E-state index >= 15 is 0 Å². The lowest BCUT2D eigenvalue weighted by Crippen LogP contribution is -2.43. The first-order valence-electron chi connectivity index (χ1n) is 10.2. The molecule has 1 aliphatic carbocycles. The third kappa shape index (κ3) is 9.43. The Morgan fingerprint density at radius 3 is 2.52 bits per heavy atom. The van der Waals surface area contributed by atoms with Crippen LogP contribution in [0.4, 0.5) is 4.79 Å². The van der Waals surface area contributed by atoms with Crippen LogP contribution in [0.2, 0.25) is 0 Å². The number of carbonyl (C=O) groups excluding carboxylic acids is 2. The minimum atomic E-state index is -0.155. The van der Waals surface area contributed by atoms with Gasteiger partial charge >= 0.3 is 6.03 Å². The van der Waals surface area contributed by atoms with Crippen molar-refractivity contribution in [2.75, 3.05) is 26.7 Å². The van der Waals surface area contributed by atoms with Crippen LogP contribution in [0.5, 0.6) is 0 Å². The zero-order valence-corrected chi connectivity index (χ0v) is 16.5. The Morgan fingerprint density at radius 2 is 1.78 bits per heavy atom. The quantitative estimate of drug-likeness (QED) is 0.551. The van der Waals surface area contributed by atoms with Crippen LogP contribution >= 0.6 is 0 Å². The third-order valence-electron chi connectivity index (χ3n) is 4.91. The van der Waals surface area contributed by atoms with Crippen LogP contribution < -0.4 is 16.0 Å². The van der Waals surface area contributed by atoms with E-state index in [0.29, 0.717) is 25.6 Å². The van der Waals surface area contributed by atoms with Crippen LogP contribution in [0.1, 0.15) is 50.5 Å². The molecule has 3 amide bonds. The molecule has 6 nitrogen and oxygen atoms in total. The molecule has 1 fully saturated rings. The van der Waals surface area contributed by atoms with Crippen molar-refractivity contribution in [1.29, 1.82) is 0 Å². The van der Waals surface area contributed by atoms with Gasteiger partial charge in [-0.3, -0.25) is 4.79 Å². The Bertz CT molecular complexity index is 559. The van der Waals surface area contributed by atoms with Crippen molar-refractivity contribution in [3.8, 4) is 0 Å². The van der Waals surface area contributed by atoms with Crippen LogP contribution in [0.3, 0.4) is 0 Å². The van der Waals surface area contributed by atoms with Crippen LogP contribution in [-0.4, -0.2) is 49.6 Å². The highest BCUT2D eigenvalue weighted by Gasteiger charge is 2.15. The largest absolute Gasteiger partial charge is 0.356 e. The predicted octanol–water partition coefficient (Wildman–Crippen LogP) is 2.65. The molecule has 1 saturated carbocycles. The lowest BCUT2D eigenvalue weighted by Gasteiger charge is -2.22. The molecule has 0 spiro atoms. The first kappa shape index (κ1) is 21.2. The number of benzene rings is 1. The van der Waals surface area contributed by atoms with Gasteiger partial charge in [0.05, 0.1) is 0 Å². The topological polar surface area (TPSA) is 73.5 Å². The van der Waals surface area contributed by atoms with E-state index < -0.39 is 0 Å². The SMILES string of the molecule is CN(CCCNC(=O)CCNC(=O)NC1CCCCC1)Cc1ccccc1. The fraction of sp³-hybridized carbons (Fsp3) is 0.619. The second-order valence-electron chi connectivity index (χ2n) is 7.41. The molecule has 0 aliphatic heterocycles. The first-order chi connectivity index (χ1) is 13.1. The summed E-state index contributed by atoms with van der Waals surface area (Å²) >= 11 is 0. The van der Waals surface area contributed by atoms with Crippen LogP contribution in [0, 0.1) is 0 Å². The predicted molar refractivity (Wildman–Crippen MR) is 108 cm³/mol. The summed E-state index contributed by atoms with van der Waals surface area (Å²) in [5.41, 5.74) is 1.29. The summed E-state index contributed by atoms with van der Waals surface area (Å²) < 4.78 is 0. The number of carbonyl (C=O) groups is 2. The highest BCUT2D eigenvalue weighted by molar-refractivity contribution is 5.78. The van der Waals surface area contributed by atoms with Crippen molar-refractivity contribution in [2.45, 2.75) is 57.5 Å². The number of amides is 3. The van der Waals surface area contributed by atoms with Gasteiger partial charge in [0, 0.05) is 32.1 Å². The fourth-order valence-corrected chi connectivity index (χ4v) is 3.41. The Balaban J connectivity index is 1.46. The molecule has 1 aliphatic rings. The highest BCUT2D eigenvalue weighted by atomic mass is 16.2. The zero-order chi connectivity index (χ0) is 19.3. The molecular formula is C21H34N4O2. The third-order valence-corrected chi connectivity index (χ3v) is 4.91. The van der Waals surface area contributed by atoms with E-state index in [4.69, 9.17) is 0 Å². The molecule has 3 N–H and O–H groups in total. The average molecular weight is 375 g/mol. The van der Waals surface area contributed by atoms with E-state index in [1.54, 1.807) is 0 Å². The van der Waals surface area contributed by atoms with Gasteiger partial charge in [0.15, 0.2) is 0 Å². The Kier molecular flexibility index (Phi) is 9.69. The summed E-state index contributed by atoms with van der Waals surface area (Å²) in [4.78, 5) is 25.9. The van der Waals surface area contributed by atoms with Gasteiger partial charge < -0.3 is 20.9 Å². The first-order valence-corrected chi connectivity index (χ1v) is 10.2. The van der Waals surface area contributed by atoms with Crippen LogP contribution in [-0.2, 0) is 11.3 Å². The van der Waals surface area contributed by atoms with Gasteiger partial charge in [0.1, 0.15) is 0 Å². The maximum Gasteiger partial charge on any atom is 0.315 e. The molecule has 1 aromatic rings. The van der Waals surface area contributed by atoms with Crippen molar-refractivity contribution < 1.29 is 9.59 Å². The van der Waals surface area contributed by atoms with Gasteiger partial charge in [-0.1, -0.05) is 49.6 Å². The number of rotatable bonds is 10. The second-order valence-corrected chi connectivity index (χ2v) is 7.41. The van der Waals surface area contributed by atoms with E-state index in [1.807, 2.05) is 18.2 Å². The molecule has 0 radical (unpaired) electrons. The number of hydrogen-bond donors (Lipinski definition) is 3. The van der Waals surface area contributed by atoms with E-state index in [9.17, 15) is 9.59 Å². The lowest BCUT2D eigenvalue weighted by molar-refractivity contribution is -0.120. The number of nitrogens with zero attached hydrogens (tertiary/aromatic N) is 1. The van der Waals surface area contributed by atoms with Crippen LogP contribution in [0.25, 0.3) is 0 Å². The molecule has 0 bridgehead atoms. The summed E-state index contributed by atoms with van der Waals surface area (Å²) in [6, 6.07) is 10.5. The fourth-order valence-electron chi connectivity index (χ4n) is 3.41. The van der Waals surface area contributed by atoms with Crippen molar-refractivity contribution in [3.63, 3.8) is 0 Å².